The molecular formula is C19H17NO. The highest BCUT2D eigenvalue weighted by atomic mass is 16.1. The number of para-hydroxylation sites is 1. The molecule has 3 rings (SSSR count). The molecule has 104 valence electrons. The Morgan fingerprint density at radius 3 is 2.52 bits per heavy atom. The molecule has 0 aliphatic carbocycles. The molecule has 1 heterocycles. The lowest BCUT2D eigenvalue weighted by molar-refractivity contribution is 0.104. The third-order valence-electron chi connectivity index (χ3n) is 3.63. The van der Waals surface area contributed by atoms with Crippen LogP contribution in [-0.2, 0) is 6.54 Å². The van der Waals surface area contributed by atoms with Crippen molar-refractivity contribution in [1.29, 1.82) is 0 Å². The monoisotopic (exact) mass is 275 g/mol. The number of nitrogens with zero attached hydrogens (tertiary/aromatic N) is 1. The highest BCUT2D eigenvalue weighted by Gasteiger charge is 2.05. The number of hydrogen-bond donors (Lipinski definition) is 0. The van der Waals surface area contributed by atoms with Crippen LogP contribution in [0.4, 0.5) is 0 Å². The molecule has 2 nitrogen and oxygen atoms in total. The zero-order valence-electron chi connectivity index (χ0n) is 12.0. The fourth-order valence-electron chi connectivity index (χ4n) is 2.53. The van der Waals surface area contributed by atoms with E-state index in [9.17, 15) is 4.79 Å². The molecule has 0 fully saturated rings. The molecule has 1 aromatic heterocycles. The minimum absolute atomic E-state index is 0.0314. The van der Waals surface area contributed by atoms with Crippen LogP contribution in [0.5, 0.6) is 0 Å². The van der Waals surface area contributed by atoms with Crippen molar-refractivity contribution in [1.82, 2.24) is 4.57 Å². The van der Waals surface area contributed by atoms with Crippen molar-refractivity contribution in [3.05, 3.63) is 78.0 Å². The summed E-state index contributed by atoms with van der Waals surface area (Å²) < 4.78 is 2.20. The molecular weight excluding hydrogens is 258 g/mol. The highest BCUT2D eigenvalue weighted by molar-refractivity contribution is 6.07. The first-order valence-electron chi connectivity index (χ1n) is 7.15. The lowest BCUT2D eigenvalue weighted by Gasteiger charge is -1.97. The summed E-state index contributed by atoms with van der Waals surface area (Å²) in [6.45, 7) is 3.04. The fraction of sp³-hybridized carbons (Fsp3) is 0.105. The van der Waals surface area contributed by atoms with Crippen LogP contribution in [-0.4, -0.2) is 10.4 Å². The van der Waals surface area contributed by atoms with E-state index >= 15 is 0 Å². The Morgan fingerprint density at radius 1 is 1.05 bits per heavy atom. The Morgan fingerprint density at radius 2 is 1.76 bits per heavy atom. The van der Waals surface area contributed by atoms with Gasteiger partial charge in [0, 0.05) is 34.8 Å². The van der Waals surface area contributed by atoms with E-state index in [-0.39, 0.29) is 5.78 Å². The second-order valence-corrected chi connectivity index (χ2v) is 4.95. The number of allylic oxidation sites excluding steroid dienone is 1. The van der Waals surface area contributed by atoms with Crippen LogP contribution in [0.2, 0.25) is 0 Å². The van der Waals surface area contributed by atoms with Gasteiger partial charge in [-0.3, -0.25) is 4.79 Å². The summed E-state index contributed by atoms with van der Waals surface area (Å²) >= 11 is 0. The van der Waals surface area contributed by atoms with Gasteiger partial charge in [-0.1, -0.05) is 48.5 Å². The molecule has 0 saturated heterocycles. The van der Waals surface area contributed by atoms with Crippen LogP contribution >= 0.6 is 0 Å². The number of hydrogen-bond acceptors (Lipinski definition) is 1. The van der Waals surface area contributed by atoms with E-state index in [1.807, 2.05) is 48.5 Å². The normalized spacial score (nSPS) is 11.3. The topological polar surface area (TPSA) is 22.0 Å². The summed E-state index contributed by atoms with van der Waals surface area (Å²) in [6, 6.07) is 17.6. The van der Waals surface area contributed by atoms with Gasteiger partial charge in [0.1, 0.15) is 0 Å². The van der Waals surface area contributed by atoms with Crippen LogP contribution in [0.25, 0.3) is 17.0 Å². The first kappa shape index (κ1) is 13.4. The molecule has 0 aliphatic heterocycles. The second-order valence-electron chi connectivity index (χ2n) is 4.95. The summed E-state index contributed by atoms with van der Waals surface area (Å²) in [7, 11) is 0. The Hall–Kier alpha value is -2.61. The van der Waals surface area contributed by atoms with Gasteiger partial charge < -0.3 is 4.57 Å². The van der Waals surface area contributed by atoms with E-state index in [0.29, 0.717) is 5.56 Å². The zero-order chi connectivity index (χ0) is 14.7. The van der Waals surface area contributed by atoms with Crippen LogP contribution in [0.1, 0.15) is 22.8 Å². The predicted octanol–water partition coefficient (Wildman–Crippen LogP) is 4.56. The van der Waals surface area contributed by atoms with Gasteiger partial charge in [-0.15, -0.1) is 0 Å². The molecule has 0 spiro atoms. The van der Waals surface area contributed by atoms with Crippen LogP contribution < -0.4 is 0 Å². The molecule has 0 bridgehead atoms. The lowest BCUT2D eigenvalue weighted by Crippen LogP contribution is -1.92. The Bertz CT molecular complexity index is 797. The van der Waals surface area contributed by atoms with Crippen molar-refractivity contribution in [2.24, 2.45) is 0 Å². The summed E-state index contributed by atoms with van der Waals surface area (Å²) in [6.07, 6.45) is 5.65. The van der Waals surface area contributed by atoms with Gasteiger partial charge in [-0.2, -0.15) is 0 Å². The predicted molar refractivity (Wildman–Crippen MR) is 87.4 cm³/mol. The summed E-state index contributed by atoms with van der Waals surface area (Å²) in [5.41, 5.74) is 3.00. The third kappa shape index (κ3) is 2.65. The van der Waals surface area contributed by atoms with Gasteiger partial charge in [0.2, 0.25) is 0 Å². The number of carbonyl (C=O) groups excluding carboxylic acids is 1. The van der Waals surface area contributed by atoms with Crippen molar-refractivity contribution in [2.45, 2.75) is 13.5 Å². The Labute approximate surface area is 124 Å². The molecule has 0 saturated carbocycles. The zero-order valence-corrected chi connectivity index (χ0v) is 12.0. The molecule has 0 atom stereocenters. The smallest absolute Gasteiger partial charge is 0.185 e. The van der Waals surface area contributed by atoms with Gasteiger partial charge in [0.05, 0.1) is 0 Å². The SMILES string of the molecule is CCn1cc(/C=C/C(=O)c2ccccc2)c2ccccc21. The van der Waals surface area contributed by atoms with Crippen molar-refractivity contribution in [3.8, 4) is 0 Å². The standard InChI is InChI=1S/C19H17NO/c1-2-20-14-16(17-10-6-7-11-18(17)20)12-13-19(21)15-8-4-3-5-9-15/h3-14H,2H2,1H3/b13-12+. The van der Waals surface area contributed by atoms with Crippen molar-refractivity contribution in [2.75, 3.05) is 0 Å². The molecule has 0 aliphatic rings. The molecule has 0 radical (unpaired) electrons. The van der Waals surface area contributed by atoms with Crippen molar-refractivity contribution in [3.63, 3.8) is 0 Å². The van der Waals surface area contributed by atoms with Crippen LogP contribution in [0.3, 0.4) is 0 Å². The number of ketones is 1. The Balaban J connectivity index is 1.95. The van der Waals surface area contributed by atoms with Crippen LogP contribution in [0.15, 0.2) is 66.9 Å². The largest absolute Gasteiger partial charge is 0.347 e. The highest BCUT2D eigenvalue weighted by Crippen LogP contribution is 2.22. The van der Waals surface area contributed by atoms with Gasteiger partial charge in [-0.25, -0.2) is 0 Å². The first-order chi connectivity index (χ1) is 10.3. The number of aromatic nitrogens is 1. The first-order valence-corrected chi connectivity index (χ1v) is 7.15. The number of carbonyl (C=O) groups is 1. The van der Waals surface area contributed by atoms with Gasteiger partial charge in [0.15, 0.2) is 5.78 Å². The average molecular weight is 275 g/mol. The third-order valence-corrected chi connectivity index (χ3v) is 3.63. The van der Waals surface area contributed by atoms with Gasteiger partial charge in [-0.05, 0) is 25.1 Å². The molecule has 0 N–H and O–H groups in total. The van der Waals surface area contributed by atoms with E-state index in [2.05, 4.69) is 29.8 Å². The quantitative estimate of drug-likeness (QED) is 0.505. The van der Waals surface area contributed by atoms with E-state index in [1.54, 1.807) is 6.08 Å². The average Bonchev–Trinajstić information content (AvgIpc) is 2.91. The number of fused-ring (bicyclic) bond motifs is 1. The maximum atomic E-state index is 12.1. The maximum absolute atomic E-state index is 12.1. The molecule has 2 aromatic carbocycles. The maximum Gasteiger partial charge on any atom is 0.185 e. The van der Waals surface area contributed by atoms with E-state index in [1.165, 1.54) is 10.9 Å². The van der Waals surface area contributed by atoms with Crippen molar-refractivity contribution < 1.29 is 4.79 Å². The molecule has 2 heteroatoms. The van der Waals surface area contributed by atoms with E-state index in [4.69, 9.17) is 0 Å². The van der Waals surface area contributed by atoms with Crippen molar-refractivity contribution >= 4 is 22.8 Å². The van der Waals surface area contributed by atoms with Gasteiger partial charge >= 0.3 is 0 Å². The van der Waals surface area contributed by atoms with Crippen LogP contribution in [0, 0.1) is 0 Å². The summed E-state index contributed by atoms with van der Waals surface area (Å²) in [5.74, 6) is 0.0314. The number of aryl methyl sites for hydroxylation is 1. The fourth-order valence-corrected chi connectivity index (χ4v) is 2.53. The Kier molecular flexibility index (Phi) is 3.69. The molecule has 0 amide bonds. The second kappa shape index (κ2) is 5.80. The van der Waals surface area contributed by atoms with E-state index < -0.39 is 0 Å². The minimum Gasteiger partial charge on any atom is -0.347 e. The van der Waals surface area contributed by atoms with E-state index in [0.717, 1.165) is 12.1 Å². The molecule has 3 aromatic rings. The number of benzene rings is 2. The lowest BCUT2D eigenvalue weighted by atomic mass is 10.1. The number of rotatable bonds is 4. The summed E-state index contributed by atoms with van der Waals surface area (Å²) in [5, 5.41) is 1.18. The minimum atomic E-state index is 0.0314. The van der Waals surface area contributed by atoms with Gasteiger partial charge in [0.25, 0.3) is 0 Å². The molecule has 21 heavy (non-hydrogen) atoms. The summed E-state index contributed by atoms with van der Waals surface area (Å²) in [4.78, 5) is 12.1. The molecule has 0 unspecified atom stereocenters.